The first-order valence-corrected chi connectivity index (χ1v) is 9.29. The van der Waals surface area contributed by atoms with Gasteiger partial charge in [0, 0.05) is 12.6 Å². The van der Waals surface area contributed by atoms with E-state index in [0.29, 0.717) is 6.42 Å². The van der Waals surface area contributed by atoms with Crippen LogP contribution in [-0.2, 0) is 22.6 Å². The van der Waals surface area contributed by atoms with E-state index in [2.05, 4.69) is 5.32 Å². The molecule has 2 aromatic carbocycles. The van der Waals surface area contributed by atoms with Gasteiger partial charge in [0.05, 0.1) is 6.42 Å². The average molecular weight is 370 g/mol. The predicted octanol–water partition coefficient (Wildman–Crippen LogP) is 3.70. The van der Waals surface area contributed by atoms with E-state index >= 15 is 0 Å². The van der Waals surface area contributed by atoms with Gasteiger partial charge in [-0.1, -0.05) is 49.4 Å². The molecule has 0 unspecified atom stereocenters. The smallest absolute Gasteiger partial charge is 0.243 e. The second-order valence-electron chi connectivity index (χ2n) is 6.90. The van der Waals surface area contributed by atoms with Crippen molar-refractivity contribution >= 4 is 11.8 Å². The number of benzene rings is 2. The summed E-state index contributed by atoms with van der Waals surface area (Å²) in [7, 11) is 0. The van der Waals surface area contributed by atoms with Crippen LogP contribution in [0, 0.1) is 5.82 Å². The van der Waals surface area contributed by atoms with Gasteiger partial charge in [0.15, 0.2) is 0 Å². The molecule has 0 heterocycles. The van der Waals surface area contributed by atoms with Crippen molar-refractivity contribution in [2.24, 2.45) is 0 Å². The molecule has 2 amide bonds. The molecule has 0 bridgehead atoms. The summed E-state index contributed by atoms with van der Waals surface area (Å²) in [4.78, 5) is 27.3. The Balaban J connectivity index is 2.26. The fraction of sp³-hybridized carbons (Fsp3) is 0.364. The number of rotatable bonds is 8. The maximum atomic E-state index is 13.2. The summed E-state index contributed by atoms with van der Waals surface area (Å²) in [5, 5.41) is 2.90. The van der Waals surface area contributed by atoms with Crippen molar-refractivity contribution in [1.29, 1.82) is 0 Å². The number of hydrogen-bond acceptors (Lipinski definition) is 2. The van der Waals surface area contributed by atoms with Gasteiger partial charge in [-0.15, -0.1) is 0 Å². The van der Waals surface area contributed by atoms with Crippen LogP contribution in [-0.4, -0.2) is 28.8 Å². The van der Waals surface area contributed by atoms with Crippen molar-refractivity contribution in [3.63, 3.8) is 0 Å². The highest BCUT2D eigenvalue weighted by Crippen LogP contribution is 2.15. The highest BCUT2D eigenvalue weighted by atomic mass is 19.1. The highest BCUT2D eigenvalue weighted by Gasteiger charge is 2.28. The number of carbonyl (C=O) groups excluding carboxylic acids is 2. The summed E-state index contributed by atoms with van der Waals surface area (Å²) in [6.45, 7) is 5.93. The van der Waals surface area contributed by atoms with Gasteiger partial charge in [-0.3, -0.25) is 9.59 Å². The molecule has 0 aliphatic carbocycles. The molecule has 0 aliphatic heterocycles. The number of nitrogens with one attached hydrogen (secondary N) is 1. The third kappa shape index (κ3) is 6.20. The maximum absolute atomic E-state index is 13.2. The molecule has 1 N–H and O–H groups in total. The van der Waals surface area contributed by atoms with Crippen LogP contribution in [0.4, 0.5) is 4.39 Å². The van der Waals surface area contributed by atoms with E-state index in [1.165, 1.54) is 12.1 Å². The summed E-state index contributed by atoms with van der Waals surface area (Å²) >= 11 is 0. The molecule has 2 rings (SSSR count). The van der Waals surface area contributed by atoms with Crippen LogP contribution in [0.5, 0.6) is 0 Å². The van der Waals surface area contributed by atoms with Crippen molar-refractivity contribution < 1.29 is 14.0 Å². The lowest BCUT2D eigenvalue weighted by molar-refractivity contribution is -0.141. The molecule has 0 spiro atoms. The molecular formula is C22H27FN2O2. The van der Waals surface area contributed by atoms with E-state index in [4.69, 9.17) is 0 Å². The molecular weight excluding hydrogens is 343 g/mol. The first-order valence-electron chi connectivity index (χ1n) is 9.29. The minimum atomic E-state index is -0.575. The Bertz CT molecular complexity index is 745. The van der Waals surface area contributed by atoms with Gasteiger partial charge in [-0.05, 0) is 43.5 Å². The van der Waals surface area contributed by atoms with Crippen molar-refractivity contribution in [2.45, 2.75) is 52.2 Å². The van der Waals surface area contributed by atoms with E-state index in [1.807, 2.05) is 51.1 Å². The third-order valence-corrected chi connectivity index (χ3v) is 4.28. The predicted molar refractivity (Wildman–Crippen MR) is 104 cm³/mol. The van der Waals surface area contributed by atoms with Gasteiger partial charge in [0.2, 0.25) is 11.8 Å². The lowest BCUT2D eigenvalue weighted by atomic mass is 10.1. The lowest BCUT2D eigenvalue weighted by Gasteiger charge is -2.31. The second kappa shape index (κ2) is 9.86. The van der Waals surface area contributed by atoms with E-state index in [1.54, 1.807) is 17.0 Å². The van der Waals surface area contributed by atoms with E-state index < -0.39 is 6.04 Å². The summed E-state index contributed by atoms with van der Waals surface area (Å²) in [6, 6.07) is 14.9. The number of amides is 2. The molecule has 0 radical (unpaired) electrons. The normalized spacial score (nSPS) is 11.9. The van der Waals surface area contributed by atoms with Crippen LogP contribution in [0.25, 0.3) is 0 Å². The van der Waals surface area contributed by atoms with Gasteiger partial charge >= 0.3 is 0 Å². The average Bonchev–Trinajstić information content (AvgIpc) is 2.63. The molecule has 0 aromatic heterocycles. The Hall–Kier alpha value is -2.69. The second-order valence-corrected chi connectivity index (χ2v) is 6.90. The fourth-order valence-corrected chi connectivity index (χ4v) is 2.96. The highest BCUT2D eigenvalue weighted by molar-refractivity contribution is 5.88. The maximum Gasteiger partial charge on any atom is 0.243 e. The van der Waals surface area contributed by atoms with Gasteiger partial charge in [0.1, 0.15) is 11.9 Å². The van der Waals surface area contributed by atoms with Crippen LogP contribution in [0.1, 0.15) is 38.3 Å². The minimum absolute atomic E-state index is 0.0107. The largest absolute Gasteiger partial charge is 0.352 e. The van der Waals surface area contributed by atoms with Crippen LogP contribution >= 0.6 is 0 Å². The monoisotopic (exact) mass is 370 g/mol. The van der Waals surface area contributed by atoms with Crippen LogP contribution in [0.15, 0.2) is 54.6 Å². The number of carbonyl (C=O) groups is 2. The Morgan fingerprint density at radius 1 is 1.00 bits per heavy atom. The lowest BCUT2D eigenvalue weighted by Crippen LogP contribution is -2.50. The van der Waals surface area contributed by atoms with E-state index in [-0.39, 0.29) is 36.6 Å². The minimum Gasteiger partial charge on any atom is -0.352 e. The first kappa shape index (κ1) is 20.6. The molecule has 0 aliphatic rings. The zero-order chi connectivity index (χ0) is 19.8. The molecule has 1 atom stereocenters. The molecule has 2 aromatic rings. The summed E-state index contributed by atoms with van der Waals surface area (Å²) in [5.41, 5.74) is 1.68. The topological polar surface area (TPSA) is 49.4 Å². The van der Waals surface area contributed by atoms with Gasteiger partial charge < -0.3 is 10.2 Å². The molecule has 4 nitrogen and oxygen atoms in total. The van der Waals surface area contributed by atoms with Gasteiger partial charge in [-0.2, -0.15) is 0 Å². The number of nitrogens with zero attached hydrogens (tertiary/aromatic N) is 1. The van der Waals surface area contributed by atoms with E-state index in [9.17, 15) is 14.0 Å². The Morgan fingerprint density at radius 2 is 1.63 bits per heavy atom. The van der Waals surface area contributed by atoms with Crippen LogP contribution in [0.2, 0.25) is 0 Å². The Morgan fingerprint density at radius 3 is 2.19 bits per heavy atom. The zero-order valence-electron chi connectivity index (χ0n) is 16.1. The fourth-order valence-electron chi connectivity index (χ4n) is 2.96. The molecule has 5 heteroatoms. The van der Waals surface area contributed by atoms with Crippen molar-refractivity contribution in [3.05, 3.63) is 71.5 Å². The van der Waals surface area contributed by atoms with Crippen molar-refractivity contribution in [3.8, 4) is 0 Å². The SMILES string of the molecule is CC[C@H](C(=O)NC(C)C)N(Cc1ccc(F)cc1)C(=O)Cc1ccccc1. The Kier molecular flexibility index (Phi) is 7.53. The molecule has 0 saturated carbocycles. The number of halogens is 1. The van der Waals surface area contributed by atoms with Crippen molar-refractivity contribution in [2.75, 3.05) is 0 Å². The third-order valence-electron chi connectivity index (χ3n) is 4.28. The quantitative estimate of drug-likeness (QED) is 0.770. The van der Waals surface area contributed by atoms with Crippen molar-refractivity contribution in [1.82, 2.24) is 10.2 Å². The van der Waals surface area contributed by atoms with Crippen LogP contribution < -0.4 is 5.32 Å². The van der Waals surface area contributed by atoms with Crippen LogP contribution in [0.3, 0.4) is 0 Å². The zero-order valence-corrected chi connectivity index (χ0v) is 16.1. The summed E-state index contributed by atoms with van der Waals surface area (Å²) in [6.07, 6.45) is 0.716. The Labute approximate surface area is 160 Å². The summed E-state index contributed by atoms with van der Waals surface area (Å²) in [5.74, 6) is -0.627. The van der Waals surface area contributed by atoms with E-state index in [0.717, 1.165) is 11.1 Å². The number of hydrogen-bond donors (Lipinski definition) is 1. The van der Waals surface area contributed by atoms with Gasteiger partial charge in [-0.25, -0.2) is 4.39 Å². The molecule has 0 fully saturated rings. The standard InChI is InChI=1S/C22H27FN2O2/c1-4-20(22(27)24-16(2)3)25(15-18-10-12-19(23)13-11-18)21(26)14-17-8-6-5-7-9-17/h5-13,16,20H,4,14-15H2,1-3H3,(H,24,27)/t20-/m1/s1. The summed E-state index contributed by atoms with van der Waals surface area (Å²) < 4.78 is 13.2. The van der Waals surface area contributed by atoms with Gasteiger partial charge in [0.25, 0.3) is 0 Å². The molecule has 0 saturated heterocycles. The molecule has 27 heavy (non-hydrogen) atoms. The first-order chi connectivity index (χ1) is 12.9. The molecule has 144 valence electrons.